The second kappa shape index (κ2) is 33.0. The van der Waals surface area contributed by atoms with Crippen molar-refractivity contribution in [2.45, 2.75) is 224 Å². The summed E-state index contributed by atoms with van der Waals surface area (Å²) in [6.07, 6.45) is 6.54. The van der Waals surface area contributed by atoms with Crippen molar-refractivity contribution in [2.75, 3.05) is 6.54 Å². The number of hydrogen-bond donors (Lipinski definition) is 15. The molecule has 0 spiro atoms. The summed E-state index contributed by atoms with van der Waals surface area (Å²) in [4.78, 5) is 156. The molecule has 27 nitrogen and oxygen atoms in total. The molecule has 2 saturated carbocycles. The van der Waals surface area contributed by atoms with Crippen LogP contribution in [0.5, 0.6) is 0 Å². The first kappa shape index (κ1) is 66.6. The Kier molecular flexibility index (Phi) is 28.5. The van der Waals surface area contributed by atoms with E-state index in [-0.39, 0.29) is 36.8 Å². The van der Waals surface area contributed by atoms with Gasteiger partial charge in [0, 0.05) is 12.0 Å². The highest BCUT2D eigenvalue weighted by atomic mass is 16.3. The van der Waals surface area contributed by atoms with Crippen LogP contribution < -0.4 is 75.7 Å². The zero-order chi connectivity index (χ0) is 58.3. The van der Waals surface area contributed by atoms with Gasteiger partial charge >= 0.3 is 0 Å². The van der Waals surface area contributed by atoms with Gasteiger partial charge in [0.25, 0.3) is 0 Å². The molecule has 27 heteroatoms. The molecule has 0 aromatic carbocycles. The standard InChI is InChI=1S/C50H88N14O13/c1-24(52)40(67)54-30(7)46(73)63-37(23-33-15-11-10-12-16-33)49(76)60-28(5)44(71)56-25(2)41(68)55-26(3)42(69)58-31(8)47(74)64-38(32(9)65)50(77)62-36(17-13-14-22-51)48(75)59-27(4)43(70)57-29(6)45(72)61-35-20-18-34(19-21-35)39(53)66/h24-38,65H,10-23,51-52H2,1-9H3,(H2,53,66)(H,54,67)(H,55,68)(H,56,71)(H,57,70)(H,58,69)(H,59,75)(H,60,76)(H,61,72)(H,62,77)(H,63,73)(H,64,74)/t24-,25-,26-,27+,28-,29-,30-,31-,32+,34?,35?,36-,37-,38-/m0/s1. The number of carbonyl (C=O) groups excluding carboxylic acids is 12. The van der Waals surface area contributed by atoms with Crippen LogP contribution >= 0.6 is 0 Å². The normalized spacial score (nSPS) is 20.3. The number of amides is 12. The van der Waals surface area contributed by atoms with Gasteiger partial charge in [0.05, 0.1) is 12.1 Å². The molecule has 0 saturated heterocycles. The molecule has 0 aromatic rings. The number of unbranched alkanes of at least 4 members (excludes halogenated alkanes) is 1. The molecule has 0 unspecified atom stereocenters. The summed E-state index contributed by atoms with van der Waals surface area (Å²) in [6.45, 7) is 12.6. The zero-order valence-corrected chi connectivity index (χ0v) is 46.1. The van der Waals surface area contributed by atoms with Gasteiger partial charge in [-0.1, -0.05) is 32.1 Å². The van der Waals surface area contributed by atoms with E-state index in [0.717, 1.165) is 32.1 Å². The first-order chi connectivity index (χ1) is 36.1. The molecular weight excluding hydrogens is 1000 g/mol. The predicted octanol–water partition coefficient (Wildman–Crippen LogP) is -4.04. The van der Waals surface area contributed by atoms with Crippen molar-refractivity contribution < 1.29 is 62.6 Å². The van der Waals surface area contributed by atoms with Crippen LogP contribution in [0.3, 0.4) is 0 Å². The molecule has 436 valence electrons. The van der Waals surface area contributed by atoms with Crippen molar-refractivity contribution in [3.63, 3.8) is 0 Å². The molecular formula is C50H88N14O13. The Morgan fingerprint density at radius 1 is 0.442 bits per heavy atom. The zero-order valence-electron chi connectivity index (χ0n) is 46.1. The number of rotatable bonds is 30. The number of nitrogens with two attached hydrogens (primary N) is 3. The van der Waals surface area contributed by atoms with Crippen molar-refractivity contribution in [1.82, 2.24) is 58.5 Å². The quantitative estimate of drug-likeness (QED) is 0.0305. The highest BCUT2D eigenvalue weighted by molar-refractivity contribution is 5.98. The number of nitrogens with one attached hydrogen (secondary N) is 11. The molecule has 0 heterocycles. The Labute approximate surface area is 450 Å². The Morgan fingerprint density at radius 3 is 1.23 bits per heavy atom. The maximum absolute atomic E-state index is 13.6. The van der Waals surface area contributed by atoms with E-state index in [1.165, 1.54) is 62.3 Å². The monoisotopic (exact) mass is 1090 g/mol. The van der Waals surface area contributed by atoms with E-state index in [9.17, 15) is 62.6 Å². The maximum Gasteiger partial charge on any atom is 0.245 e. The molecule has 0 aromatic heterocycles. The van der Waals surface area contributed by atoms with Crippen molar-refractivity contribution in [3.8, 4) is 0 Å². The van der Waals surface area contributed by atoms with Crippen molar-refractivity contribution in [3.05, 3.63) is 0 Å². The first-order valence-corrected chi connectivity index (χ1v) is 26.8. The van der Waals surface area contributed by atoms with Gasteiger partial charge in [-0.15, -0.1) is 0 Å². The molecule has 77 heavy (non-hydrogen) atoms. The number of hydrogen-bond acceptors (Lipinski definition) is 15. The smallest absolute Gasteiger partial charge is 0.245 e. The van der Waals surface area contributed by atoms with Crippen LogP contribution in [-0.4, -0.2) is 161 Å². The summed E-state index contributed by atoms with van der Waals surface area (Å²) >= 11 is 0. The van der Waals surface area contributed by atoms with Gasteiger partial charge in [-0.05, 0) is 126 Å². The topological polar surface area (TPSA) is 435 Å². The third-order valence-corrected chi connectivity index (χ3v) is 13.7. The molecule has 2 rings (SSSR count). The van der Waals surface area contributed by atoms with Crippen molar-refractivity contribution >= 4 is 70.9 Å². The minimum atomic E-state index is -1.64. The fourth-order valence-corrected chi connectivity index (χ4v) is 8.62. The van der Waals surface area contributed by atoms with Crippen LogP contribution in [0.1, 0.15) is 146 Å². The van der Waals surface area contributed by atoms with E-state index >= 15 is 0 Å². The Bertz CT molecular complexity index is 2060. The molecule has 2 fully saturated rings. The summed E-state index contributed by atoms with van der Waals surface area (Å²) in [5.74, 6) is -8.56. The lowest BCUT2D eigenvalue weighted by Crippen LogP contribution is -2.61. The SMILES string of the molecule is C[C@H](N)C(=O)N[C@@H](C)C(=O)N[C@@H](CC1CCCCC1)C(=O)N[C@@H](C)C(=O)N[C@@H](C)C(=O)N[C@@H](C)C(=O)N[C@@H](C)C(=O)N[C@H](C(=O)N[C@@H](CCCCN)C(=O)N[C@H](C)C(=O)N[C@@H](C)C(=O)NC1CCC(C(N)=O)CC1)[C@@H](C)O. The van der Waals surface area contributed by atoms with Gasteiger partial charge in [0.15, 0.2) is 0 Å². The van der Waals surface area contributed by atoms with Crippen LogP contribution in [0.25, 0.3) is 0 Å². The number of aliphatic hydroxyl groups is 1. The second-order valence-corrected chi connectivity index (χ2v) is 20.7. The molecule has 2 aliphatic carbocycles. The van der Waals surface area contributed by atoms with E-state index in [2.05, 4.69) is 58.5 Å². The Balaban J connectivity index is 1.97. The number of carbonyl (C=O) groups is 12. The fourth-order valence-electron chi connectivity index (χ4n) is 8.62. The van der Waals surface area contributed by atoms with Crippen molar-refractivity contribution in [2.24, 2.45) is 29.0 Å². The lowest BCUT2D eigenvalue weighted by atomic mass is 9.84. The molecule has 0 bridgehead atoms. The highest BCUT2D eigenvalue weighted by Crippen LogP contribution is 2.28. The molecule has 12 atom stereocenters. The third-order valence-electron chi connectivity index (χ3n) is 13.7. The van der Waals surface area contributed by atoms with E-state index in [4.69, 9.17) is 17.2 Å². The van der Waals surface area contributed by atoms with E-state index in [1.807, 2.05) is 0 Å². The van der Waals surface area contributed by atoms with E-state index in [0.29, 0.717) is 44.9 Å². The molecule has 0 aliphatic heterocycles. The van der Waals surface area contributed by atoms with Gasteiger partial charge < -0.3 is 80.8 Å². The third kappa shape index (κ3) is 23.3. The van der Waals surface area contributed by atoms with Crippen LogP contribution in [0.2, 0.25) is 0 Å². The lowest BCUT2D eigenvalue weighted by molar-refractivity contribution is -0.136. The average Bonchev–Trinajstić information content (AvgIpc) is 3.37. The largest absolute Gasteiger partial charge is 0.391 e. The molecule has 0 radical (unpaired) electrons. The maximum atomic E-state index is 13.6. The van der Waals surface area contributed by atoms with Crippen LogP contribution in [0, 0.1) is 11.8 Å². The average molecular weight is 1090 g/mol. The highest BCUT2D eigenvalue weighted by Gasteiger charge is 2.35. The van der Waals surface area contributed by atoms with Gasteiger partial charge in [-0.2, -0.15) is 0 Å². The summed E-state index contributed by atoms with van der Waals surface area (Å²) in [5.41, 5.74) is 16.7. The summed E-state index contributed by atoms with van der Waals surface area (Å²) in [6, 6.07) is -13.2. The van der Waals surface area contributed by atoms with Gasteiger partial charge in [0.2, 0.25) is 70.9 Å². The summed E-state index contributed by atoms with van der Waals surface area (Å²) in [5, 5.41) is 38.5. The van der Waals surface area contributed by atoms with Crippen molar-refractivity contribution in [1.29, 1.82) is 0 Å². The van der Waals surface area contributed by atoms with Gasteiger partial charge in [0.1, 0.15) is 60.4 Å². The minimum Gasteiger partial charge on any atom is -0.391 e. The summed E-state index contributed by atoms with van der Waals surface area (Å²) in [7, 11) is 0. The van der Waals surface area contributed by atoms with Crippen LogP contribution in [-0.2, 0) is 57.5 Å². The van der Waals surface area contributed by atoms with E-state index in [1.54, 1.807) is 0 Å². The second-order valence-electron chi connectivity index (χ2n) is 20.7. The molecule has 12 amide bonds. The minimum absolute atomic E-state index is 0.0509. The fraction of sp³-hybridized carbons (Fsp3) is 0.760. The molecule has 2 aliphatic rings. The van der Waals surface area contributed by atoms with Gasteiger partial charge in [-0.3, -0.25) is 57.5 Å². The lowest BCUT2D eigenvalue weighted by Gasteiger charge is -2.29. The van der Waals surface area contributed by atoms with E-state index < -0.39 is 138 Å². The Morgan fingerprint density at radius 2 is 0.818 bits per heavy atom. The summed E-state index contributed by atoms with van der Waals surface area (Å²) < 4.78 is 0. The predicted molar refractivity (Wildman–Crippen MR) is 282 cm³/mol. The Hall–Kier alpha value is -6.48. The molecule has 18 N–H and O–H groups in total. The number of aliphatic hydroxyl groups excluding tert-OH is 1. The first-order valence-electron chi connectivity index (χ1n) is 26.8. The van der Waals surface area contributed by atoms with Crippen LogP contribution in [0.15, 0.2) is 0 Å². The van der Waals surface area contributed by atoms with Crippen LogP contribution in [0.4, 0.5) is 0 Å². The van der Waals surface area contributed by atoms with Gasteiger partial charge in [-0.25, -0.2) is 0 Å². The number of primary amides is 1.